The van der Waals surface area contributed by atoms with Crippen molar-refractivity contribution in [3.63, 3.8) is 0 Å². The van der Waals surface area contributed by atoms with Gasteiger partial charge < -0.3 is 15.5 Å². The monoisotopic (exact) mass is 423 g/mol. The maximum atomic E-state index is 13.6. The minimum absolute atomic E-state index is 0.0170. The summed E-state index contributed by atoms with van der Waals surface area (Å²) in [5, 5.41) is 9.36. The molecule has 2 bridgehead atoms. The first-order chi connectivity index (χ1) is 15.0. The quantitative estimate of drug-likeness (QED) is 0.778. The average molecular weight is 423 g/mol. The summed E-state index contributed by atoms with van der Waals surface area (Å²) in [6.07, 6.45) is 4.11. The van der Waals surface area contributed by atoms with Crippen LogP contribution in [0, 0.1) is 23.1 Å². The van der Waals surface area contributed by atoms with E-state index in [0.717, 1.165) is 43.2 Å². The Labute approximate surface area is 180 Å². The molecule has 4 fully saturated rings. The topological polar surface area (TPSA) is 93.7 Å². The highest BCUT2D eigenvalue weighted by Crippen LogP contribution is 2.48. The largest absolute Gasteiger partial charge is 0.330 e. The Morgan fingerprint density at radius 2 is 2.13 bits per heavy atom. The fourth-order valence-electron chi connectivity index (χ4n) is 6.56. The van der Waals surface area contributed by atoms with Crippen LogP contribution in [0.25, 0.3) is 0 Å². The number of hydrogen-bond acceptors (Lipinski definition) is 5. The van der Waals surface area contributed by atoms with Gasteiger partial charge in [-0.25, -0.2) is 4.39 Å². The second-order valence-electron chi connectivity index (χ2n) is 9.80. The molecule has 2 N–H and O–H groups in total. The van der Waals surface area contributed by atoms with Crippen molar-refractivity contribution in [1.82, 2.24) is 14.7 Å². The minimum atomic E-state index is -0.717. The Balaban J connectivity index is 1.13. The molecule has 2 aliphatic carbocycles. The number of nitrogens with zero attached hydrogens (tertiary/aromatic N) is 4. The summed E-state index contributed by atoms with van der Waals surface area (Å²) in [5.41, 5.74) is 8.35. The van der Waals surface area contributed by atoms with Gasteiger partial charge in [-0.3, -0.25) is 14.5 Å². The van der Waals surface area contributed by atoms with E-state index in [1.54, 1.807) is 11.0 Å². The maximum Gasteiger partial charge on any atom is 0.242 e. The standard InChI is InChI=1S/C23H26FN5O2/c24-14-2-3-17-12(5-14)1-4-19(17)29-16-8-21(23(29)31)27(10-16)11-18(26)22(30)28-15(9-25)6-13-7-20(13)28/h2-3,5,13,15-16,18-21H,1,4,6-8,10-11,26H2/t13-,15+,16+,18+,19-,20+,21+/m1/s1. The van der Waals surface area contributed by atoms with Crippen LogP contribution in [0.15, 0.2) is 18.2 Å². The SMILES string of the molecule is N#C[C@@H]1C[C@@H]2C[C@@H]2N1C(=O)[C@@H](N)CN1C[C@@H]2C[C@H]1C(=O)N2[C@@H]1CCc2cc(F)ccc21. The Morgan fingerprint density at radius 3 is 2.90 bits per heavy atom. The number of piperidine rings is 1. The molecule has 8 heteroatoms. The van der Waals surface area contributed by atoms with Gasteiger partial charge in [0.1, 0.15) is 11.9 Å². The highest BCUT2D eigenvalue weighted by atomic mass is 19.1. The number of rotatable bonds is 4. The molecular formula is C23H26FN5O2. The molecular weight excluding hydrogens is 397 g/mol. The molecule has 0 spiro atoms. The average Bonchev–Trinajstić information content (AvgIpc) is 3.08. The van der Waals surface area contributed by atoms with E-state index < -0.39 is 6.04 Å². The zero-order valence-corrected chi connectivity index (χ0v) is 17.3. The van der Waals surface area contributed by atoms with Crippen LogP contribution in [0.3, 0.4) is 0 Å². The van der Waals surface area contributed by atoms with Crippen LogP contribution in [0.4, 0.5) is 4.39 Å². The van der Waals surface area contributed by atoms with E-state index in [9.17, 15) is 19.2 Å². The molecule has 0 aromatic heterocycles. The molecule has 3 saturated heterocycles. The number of piperazine rings is 1. The summed E-state index contributed by atoms with van der Waals surface area (Å²) in [6, 6.07) is 6.11. The second-order valence-corrected chi connectivity index (χ2v) is 9.80. The van der Waals surface area contributed by atoms with Gasteiger partial charge in [-0.05, 0) is 61.3 Å². The highest BCUT2D eigenvalue weighted by Gasteiger charge is 2.56. The van der Waals surface area contributed by atoms with Gasteiger partial charge in [0.15, 0.2) is 0 Å². The zero-order valence-electron chi connectivity index (χ0n) is 17.3. The summed E-state index contributed by atoms with van der Waals surface area (Å²) in [6.45, 7) is 1.05. The first-order valence-electron chi connectivity index (χ1n) is 11.3. The molecule has 3 aliphatic heterocycles. The van der Waals surface area contributed by atoms with Crippen molar-refractivity contribution in [2.75, 3.05) is 13.1 Å². The Kier molecular flexibility index (Phi) is 4.18. The first kappa shape index (κ1) is 19.2. The lowest BCUT2D eigenvalue weighted by molar-refractivity contribution is -0.141. The Bertz CT molecular complexity index is 1010. The van der Waals surface area contributed by atoms with Gasteiger partial charge in [0, 0.05) is 25.2 Å². The Hall–Kier alpha value is -2.50. The molecule has 2 amide bonds. The third-order valence-electron chi connectivity index (χ3n) is 8.06. The third kappa shape index (κ3) is 2.83. The predicted molar refractivity (Wildman–Crippen MR) is 109 cm³/mol. The van der Waals surface area contributed by atoms with Gasteiger partial charge in [-0.15, -0.1) is 0 Å². The number of nitrogens with two attached hydrogens (primary N) is 1. The van der Waals surface area contributed by atoms with Gasteiger partial charge in [0.2, 0.25) is 11.8 Å². The number of amides is 2. The third-order valence-corrected chi connectivity index (χ3v) is 8.06. The van der Waals surface area contributed by atoms with Gasteiger partial charge >= 0.3 is 0 Å². The molecule has 162 valence electrons. The van der Waals surface area contributed by atoms with Crippen molar-refractivity contribution in [1.29, 1.82) is 5.26 Å². The van der Waals surface area contributed by atoms with Crippen LogP contribution >= 0.6 is 0 Å². The number of hydrogen-bond donors (Lipinski definition) is 1. The van der Waals surface area contributed by atoms with Crippen LogP contribution in [0.2, 0.25) is 0 Å². The summed E-state index contributed by atoms with van der Waals surface area (Å²) >= 11 is 0. The van der Waals surface area contributed by atoms with Gasteiger partial charge in [0.25, 0.3) is 0 Å². The smallest absolute Gasteiger partial charge is 0.242 e. The van der Waals surface area contributed by atoms with Crippen molar-refractivity contribution in [3.8, 4) is 6.07 Å². The van der Waals surface area contributed by atoms with Crippen molar-refractivity contribution in [3.05, 3.63) is 35.1 Å². The Morgan fingerprint density at radius 1 is 1.29 bits per heavy atom. The van der Waals surface area contributed by atoms with Crippen LogP contribution < -0.4 is 5.73 Å². The lowest BCUT2D eigenvalue weighted by Crippen LogP contribution is -2.57. The normalized spacial score (nSPS) is 36.5. The number of aryl methyl sites for hydroxylation is 1. The fraction of sp³-hybridized carbons (Fsp3) is 0.609. The number of nitriles is 1. The van der Waals surface area contributed by atoms with Crippen molar-refractivity contribution in [2.24, 2.45) is 11.7 Å². The van der Waals surface area contributed by atoms with E-state index in [2.05, 4.69) is 11.0 Å². The second kappa shape index (κ2) is 6.75. The number of benzene rings is 1. The van der Waals surface area contributed by atoms with E-state index in [1.807, 2.05) is 11.0 Å². The molecule has 1 aromatic rings. The van der Waals surface area contributed by atoms with E-state index in [4.69, 9.17) is 5.73 Å². The molecule has 7 nitrogen and oxygen atoms in total. The molecule has 0 radical (unpaired) electrons. The molecule has 7 atom stereocenters. The maximum absolute atomic E-state index is 13.6. The number of carbonyl (C=O) groups is 2. The molecule has 0 unspecified atom stereocenters. The van der Waals surface area contributed by atoms with Crippen LogP contribution in [0.1, 0.15) is 42.9 Å². The highest BCUT2D eigenvalue weighted by molar-refractivity contribution is 5.87. The van der Waals surface area contributed by atoms with Gasteiger partial charge in [-0.2, -0.15) is 5.26 Å². The lowest BCUT2D eigenvalue weighted by atomic mass is 10.1. The van der Waals surface area contributed by atoms with Crippen LogP contribution in [-0.4, -0.2) is 69.8 Å². The molecule has 1 aromatic carbocycles. The predicted octanol–water partition coefficient (Wildman–Crippen LogP) is 0.938. The number of likely N-dealkylation sites (tertiary alicyclic amines) is 3. The van der Waals surface area contributed by atoms with Crippen molar-refractivity contribution >= 4 is 11.8 Å². The summed E-state index contributed by atoms with van der Waals surface area (Å²) < 4.78 is 13.6. The molecule has 6 rings (SSSR count). The fourth-order valence-corrected chi connectivity index (χ4v) is 6.56. The van der Waals surface area contributed by atoms with E-state index in [1.165, 1.54) is 6.07 Å². The van der Waals surface area contributed by atoms with Crippen molar-refractivity contribution < 1.29 is 14.0 Å². The van der Waals surface area contributed by atoms with E-state index in [0.29, 0.717) is 19.0 Å². The van der Waals surface area contributed by atoms with Crippen molar-refractivity contribution in [2.45, 2.75) is 68.4 Å². The first-order valence-corrected chi connectivity index (χ1v) is 11.3. The number of fused-ring (bicyclic) bond motifs is 4. The summed E-state index contributed by atoms with van der Waals surface area (Å²) in [5.74, 6) is 0.168. The summed E-state index contributed by atoms with van der Waals surface area (Å²) in [4.78, 5) is 31.9. The van der Waals surface area contributed by atoms with Crippen LogP contribution in [0.5, 0.6) is 0 Å². The lowest BCUT2D eigenvalue weighted by Gasteiger charge is -2.38. The zero-order chi connectivity index (χ0) is 21.4. The molecule has 3 heterocycles. The molecule has 1 saturated carbocycles. The molecule has 5 aliphatic rings. The van der Waals surface area contributed by atoms with Gasteiger partial charge in [0.05, 0.1) is 24.2 Å². The van der Waals surface area contributed by atoms with Crippen LogP contribution in [-0.2, 0) is 16.0 Å². The summed E-state index contributed by atoms with van der Waals surface area (Å²) in [7, 11) is 0. The minimum Gasteiger partial charge on any atom is -0.330 e. The number of carbonyl (C=O) groups excluding carboxylic acids is 2. The van der Waals surface area contributed by atoms with E-state index in [-0.39, 0.29) is 47.8 Å². The molecule has 31 heavy (non-hydrogen) atoms. The number of halogens is 1. The van der Waals surface area contributed by atoms with E-state index >= 15 is 0 Å². The van der Waals surface area contributed by atoms with Gasteiger partial charge in [-0.1, -0.05) is 6.07 Å².